The summed E-state index contributed by atoms with van der Waals surface area (Å²) in [5, 5.41) is 0. The van der Waals surface area contributed by atoms with Gasteiger partial charge in [-0.15, -0.1) is 0 Å². The minimum atomic E-state index is -0.703. The van der Waals surface area contributed by atoms with Crippen LogP contribution in [0.2, 0.25) is 0 Å². The molecule has 0 aliphatic carbocycles. The Morgan fingerprint density at radius 2 is 1.71 bits per heavy atom. The fraction of sp³-hybridized carbons (Fsp3) is 0.696. The number of rotatable bonds is 12. The summed E-state index contributed by atoms with van der Waals surface area (Å²) in [4.78, 5) is 12.1. The first-order chi connectivity index (χ1) is 13.7. The maximum absolute atomic E-state index is 14.5. The Balaban J connectivity index is 1.73. The lowest BCUT2D eigenvalue weighted by Crippen LogP contribution is -2.27. The van der Waals surface area contributed by atoms with Gasteiger partial charge in [0.1, 0.15) is 5.82 Å². The van der Waals surface area contributed by atoms with Crippen molar-refractivity contribution >= 4 is 5.97 Å². The summed E-state index contributed by atoms with van der Waals surface area (Å²) < 4.78 is 31.0. The van der Waals surface area contributed by atoms with Crippen molar-refractivity contribution in [2.24, 2.45) is 5.92 Å². The molecular weight excluding hydrogens is 359 g/mol. The predicted octanol–water partition coefficient (Wildman–Crippen LogP) is 6.19. The third-order valence-corrected chi connectivity index (χ3v) is 5.13. The summed E-state index contributed by atoms with van der Waals surface area (Å²) in [7, 11) is 0. The van der Waals surface area contributed by atoms with Crippen LogP contribution in [-0.4, -0.2) is 25.8 Å². The van der Waals surface area contributed by atoms with Gasteiger partial charge in [-0.25, -0.2) is 9.18 Å². The molecule has 0 bridgehead atoms. The fourth-order valence-corrected chi connectivity index (χ4v) is 3.45. The number of carbonyl (C=O) groups is 1. The SMILES string of the molecule is CCCCCCCCCOC(=O)c1ccc(C2OCC(CCC)CO2)c(F)c1. The number of unbranched alkanes of at least 4 members (excludes halogenated alkanes) is 6. The van der Waals surface area contributed by atoms with Gasteiger partial charge in [-0.3, -0.25) is 0 Å². The zero-order valence-electron chi connectivity index (χ0n) is 17.4. The molecule has 1 heterocycles. The molecule has 158 valence electrons. The molecule has 1 aromatic carbocycles. The first-order valence-electron chi connectivity index (χ1n) is 10.9. The Kier molecular flexibility index (Phi) is 10.5. The van der Waals surface area contributed by atoms with E-state index in [9.17, 15) is 9.18 Å². The quantitative estimate of drug-likeness (QED) is 0.313. The second-order valence-corrected chi connectivity index (χ2v) is 7.65. The number of halogens is 1. The Morgan fingerprint density at radius 1 is 1.04 bits per heavy atom. The van der Waals surface area contributed by atoms with Gasteiger partial charge in [-0.2, -0.15) is 0 Å². The Labute approximate surface area is 168 Å². The summed E-state index contributed by atoms with van der Waals surface area (Å²) >= 11 is 0. The number of hydrogen-bond acceptors (Lipinski definition) is 4. The third-order valence-electron chi connectivity index (χ3n) is 5.13. The number of ether oxygens (including phenoxy) is 3. The lowest BCUT2D eigenvalue weighted by atomic mass is 10.0. The molecule has 1 aromatic rings. The topological polar surface area (TPSA) is 44.8 Å². The highest BCUT2D eigenvalue weighted by Crippen LogP contribution is 2.29. The van der Waals surface area contributed by atoms with Crippen molar-refractivity contribution in [3.05, 3.63) is 35.1 Å². The summed E-state index contributed by atoms with van der Waals surface area (Å²) in [6, 6.07) is 4.36. The molecule has 0 spiro atoms. The van der Waals surface area contributed by atoms with E-state index in [0.717, 1.165) is 25.7 Å². The van der Waals surface area contributed by atoms with Gasteiger partial charge in [0.25, 0.3) is 0 Å². The predicted molar refractivity (Wildman–Crippen MR) is 108 cm³/mol. The molecule has 0 unspecified atom stereocenters. The van der Waals surface area contributed by atoms with Crippen molar-refractivity contribution in [1.82, 2.24) is 0 Å². The number of carbonyl (C=O) groups excluding carboxylic acids is 1. The van der Waals surface area contributed by atoms with Crippen molar-refractivity contribution < 1.29 is 23.4 Å². The molecule has 5 heteroatoms. The highest BCUT2D eigenvalue weighted by Gasteiger charge is 2.26. The smallest absolute Gasteiger partial charge is 0.338 e. The van der Waals surface area contributed by atoms with Crippen molar-refractivity contribution in [2.75, 3.05) is 19.8 Å². The van der Waals surface area contributed by atoms with E-state index in [2.05, 4.69) is 13.8 Å². The van der Waals surface area contributed by atoms with Crippen LogP contribution in [0.3, 0.4) is 0 Å². The summed E-state index contributed by atoms with van der Waals surface area (Å²) in [5.74, 6) is -0.612. The molecule has 0 aromatic heterocycles. The number of hydrogen-bond donors (Lipinski definition) is 0. The van der Waals surface area contributed by atoms with Crippen LogP contribution < -0.4 is 0 Å². The molecule has 0 atom stereocenters. The second kappa shape index (κ2) is 12.9. The lowest BCUT2D eigenvalue weighted by molar-refractivity contribution is -0.207. The molecule has 0 amide bonds. The number of esters is 1. The maximum Gasteiger partial charge on any atom is 0.338 e. The van der Waals surface area contributed by atoms with Gasteiger partial charge >= 0.3 is 5.97 Å². The van der Waals surface area contributed by atoms with E-state index in [1.165, 1.54) is 38.2 Å². The molecular formula is C23H35FO4. The Hall–Kier alpha value is -1.46. The van der Waals surface area contributed by atoms with Crippen LogP contribution >= 0.6 is 0 Å². The standard InChI is InChI=1S/C23H35FO4/c1-3-5-6-7-8-9-10-14-26-22(25)19-12-13-20(21(24)15-19)23-27-16-18(11-4-2)17-28-23/h12-13,15,18,23H,3-11,14,16-17H2,1-2H3. The molecule has 1 aliphatic rings. The van der Waals surface area contributed by atoms with Crippen LogP contribution in [0.15, 0.2) is 18.2 Å². The molecule has 0 radical (unpaired) electrons. The first-order valence-corrected chi connectivity index (χ1v) is 10.9. The molecule has 1 fully saturated rings. The third kappa shape index (κ3) is 7.51. The van der Waals surface area contributed by atoms with E-state index < -0.39 is 18.1 Å². The molecule has 0 N–H and O–H groups in total. The number of benzene rings is 1. The van der Waals surface area contributed by atoms with Crippen molar-refractivity contribution in [3.8, 4) is 0 Å². The average Bonchev–Trinajstić information content (AvgIpc) is 2.71. The first kappa shape index (κ1) is 22.8. The van der Waals surface area contributed by atoms with E-state index in [1.807, 2.05) is 0 Å². The van der Waals surface area contributed by atoms with Crippen LogP contribution in [0, 0.1) is 11.7 Å². The summed E-state index contributed by atoms with van der Waals surface area (Å²) in [5.41, 5.74) is 0.558. The van der Waals surface area contributed by atoms with Crippen LogP contribution in [-0.2, 0) is 14.2 Å². The van der Waals surface area contributed by atoms with Gasteiger partial charge < -0.3 is 14.2 Å². The minimum Gasteiger partial charge on any atom is -0.462 e. The molecule has 4 nitrogen and oxygen atoms in total. The normalized spacial score (nSPS) is 19.5. The van der Waals surface area contributed by atoms with Crippen molar-refractivity contribution in [1.29, 1.82) is 0 Å². The fourth-order valence-electron chi connectivity index (χ4n) is 3.45. The van der Waals surface area contributed by atoms with Gasteiger partial charge in [0.2, 0.25) is 0 Å². The Bertz CT molecular complexity index is 582. The zero-order chi connectivity index (χ0) is 20.2. The molecule has 2 rings (SSSR count). The van der Waals surface area contributed by atoms with Gasteiger partial charge in [-0.05, 0) is 25.0 Å². The van der Waals surface area contributed by atoms with E-state index >= 15 is 0 Å². The lowest BCUT2D eigenvalue weighted by Gasteiger charge is -2.29. The van der Waals surface area contributed by atoms with Crippen molar-refractivity contribution in [2.45, 2.75) is 77.9 Å². The summed E-state index contributed by atoms with van der Waals surface area (Å²) in [6.07, 6.45) is 9.52. The second-order valence-electron chi connectivity index (χ2n) is 7.65. The molecule has 0 saturated carbocycles. The summed E-state index contributed by atoms with van der Waals surface area (Å²) in [6.45, 7) is 5.84. The van der Waals surface area contributed by atoms with Gasteiger partial charge in [-0.1, -0.05) is 64.9 Å². The largest absolute Gasteiger partial charge is 0.462 e. The van der Waals surface area contributed by atoms with E-state index in [1.54, 1.807) is 12.1 Å². The monoisotopic (exact) mass is 394 g/mol. The van der Waals surface area contributed by atoms with E-state index in [-0.39, 0.29) is 5.56 Å². The minimum absolute atomic E-state index is 0.226. The van der Waals surface area contributed by atoms with Crippen LogP contribution in [0.4, 0.5) is 4.39 Å². The average molecular weight is 395 g/mol. The molecule has 28 heavy (non-hydrogen) atoms. The van der Waals surface area contributed by atoms with Crippen LogP contribution in [0.1, 0.15) is 93.8 Å². The maximum atomic E-state index is 14.5. The van der Waals surface area contributed by atoms with E-state index in [4.69, 9.17) is 14.2 Å². The Morgan fingerprint density at radius 3 is 2.36 bits per heavy atom. The van der Waals surface area contributed by atoms with E-state index in [0.29, 0.717) is 31.3 Å². The molecule has 1 saturated heterocycles. The highest BCUT2D eigenvalue weighted by molar-refractivity contribution is 5.89. The van der Waals surface area contributed by atoms with Gasteiger partial charge in [0, 0.05) is 11.5 Å². The van der Waals surface area contributed by atoms with Gasteiger partial charge in [0.15, 0.2) is 6.29 Å². The molecule has 1 aliphatic heterocycles. The van der Waals surface area contributed by atoms with Crippen molar-refractivity contribution in [3.63, 3.8) is 0 Å². The van der Waals surface area contributed by atoms with Crippen LogP contribution in [0.5, 0.6) is 0 Å². The van der Waals surface area contributed by atoms with Gasteiger partial charge in [0.05, 0.1) is 25.4 Å². The zero-order valence-corrected chi connectivity index (χ0v) is 17.4. The highest BCUT2D eigenvalue weighted by atomic mass is 19.1. The van der Waals surface area contributed by atoms with Crippen LogP contribution in [0.25, 0.3) is 0 Å².